The fourth-order valence-corrected chi connectivity index (χ4v) is 1.66. The van der Waals surface area contributed by atoms with Crippen LogP contribution in [0.4, 0.5) is 5.69 Å². The molecule has 0 aromatic heterocycles. The first-order chi connectivity index (χ1) is 9.01. The van der Waals surface area contributed by atoms with Gasteiger partial charge in [0.1, 0.15) is 0 Å². The minimum atomic E-state index is 0.250. The summed E-state index contributed by atoms with van der Waals surface area (Å²) in [5.41, 5.74) is 14.3. The molecule has 0 radical (unpaired) electrons. The highest BCUT2D eigenvalue weighted by Crippen LogP contribution is 2.26. The quantitative estimate of drug-likeness (QED) is 0.494. The van der Waals surface area contributed by atoms with Gasteiger partial charge in [0.25, 0.3) is 0 Å². The lowest BCUT2D eigenvalue weighted by atomic mass is 9.95. The van der Waals surface area contributed by atoms with E-state index in [9.17, 15) is 0 Å². The summed E-state index contributed by atoms with van der Waals surface area (Å²) in [6, 6.07) is 6.08. The Bertz CT molecular complexity index is 474. The zero-order valence-electron chi connectivity index (χ0n) is 11.6. The number of hydrogen-bond acceptors (Lipinski definition) is 2. The van der Waals surface area contributed by atoms with Crippen molar-refractivity contribution in [3.05, 3.63) is 60.7 Å². The van der Waals surface area contributed by atoms with Crippen LogP contribution in [-0.2, 0) is 4.79 Å². The molecular weight excluding hydrogens is 236 g/mol. The Morgan fingerprint density at radius 3 is 2.32 bits per heavy atom. The Hall–Kier alpha value is -2.29. The van der Waals surface area contributed by atoms with Crippen LogP contribution in [0.25, 0.3) is 5.57 Å². The Morgan fingerprint density at radius 1 is 1.32 bits per heavy atom. The van der Waals surface area contributed by atoms with Crippen LogP contribution in [0.15, 0.2) is 49.6 Å². The van der Waals surface area contributed by atoms with Gasteiger partial charge in [-0.2, -0.15) is 0 Å². The van der Waals surface area contributed by atoms with Crippen molar-refractivity contribution in [2.24, 2.45) is 5.73 Å². The van der Waals surface area contributed by atoms with E-state index in [0.29, 0.717) is 5.92 Å². The second kappa shape index (κ2) is 8.75. The molecule has 3 heteroatoms. The molecule has 1 amide bonds. The number of hydrogen-bond donors (Lipinski definition) is 2. The van der Waals surface area contributed by atoms with Crippen LogP contribution in [0.1, 0.15) is 30.9 Å². The second-order valence-electron chi connectivity index (χ2n) is 4.20. The summed E-state index contributed by atoms with van der Waals surface area (Å²) in [5, 5.41) is 0. The van der Waals surface area contributed by atoms with Crippen molar-refractivity contribution in [3.8, 4) is 0 Å². The van der Waals surface area contributed by atoms with E-state index in [1.807, 2.05) is 24.3 Å². The van der Waals surface area contributed by atoms with E-state index >= 15 is 0 Å². The maximum absolute atomic E-state index is 8.58. The van der Waals surface area contributed by atoms with Gasteiger partial charge in [0.15, 0.2) is 0 Å². The third-order valence-electron chi connectivity index (χ3n) is 2.56. The highest BCUT2D eigenvalue weighted by molar-refractivity contribution is 5.76. The normalized spacial score (nSPS) is 10.4. The van der Waals surface area contributed by atoms with Crippen molar-refractivity contribution < 1.29 is 4.79 Å². The number of rotatable bonds is 4. The Balaban J connectivity index is 0.000000982. The molecule has 0 spiro atoms. The molecular formula is C16H22N2O. The van der Waals surface area contributed by atoms with Gasteiger partial charge in [-0.1, -0.05) is 51.3 Å². The molecule has 0 bridgehead atoms. The fraction of sp³-hybridized carbons (Fsp3) is 0.188. The van der Waals surface area contributed by atoms with Gasteiger partial charge in [-0.25, -0.2) is 0 Å². The van der Waals surface area contributed by atoms with Gasteiger partial charge in [0.05, 0.1) is 0 Å². The van der Waals surface area contributed by atoms with E-state index in [1.165, 1.54) is 5.56 Å². The lowest BCUT2D eigenvalue weighted by molar-refractivity contribution is -0.106. The number of carbonyl (C=O) groups is 1. The number of amides is 1. The smallest absolute Gasteiger partial charge is 0.204 e. The summed E-state index contributed by atoms with van der Waals surface area (Å²) in [6.07, 6.45) is 5.79. The van der Waals surface area contributed by atoms with Crippen LogP contribution in [-0.4, -0.2) is 6.41 Å². The minimum Gasteiger partial charge on any atom is -0.398 e. The number of anilines is 1. The molecule has 0 saturated heterocycles. The molecule has 0 unspecified atom stereocenters. The molecule has 102 valence electrons. The average molecular weight is 258 g/mol. The van der Waals surface area contributed by atoms with E-state index < -0.39 is 0 Å². The van der Waals surface area contributed by atoms with Gasteiger partial charge in [0, 0.05) is 5.69 Å². The maximum Gasteiger partial charge on any atom is 0.204 e. The number of primary amides is 1. The van der Waals surface area contributed by atoms with Gasteiger partial charge in [-0.15, -0.1) is 0 Å². The van der Waals surface area contributed by atoms with Crippen LogP contribution in [0, 0.1) is 0 Å². The van der Waals surface area contributed by atoms with E-state index in [1.54, 1.807) is 6.08 Å². The van der Waals surface area contributed by atoms with Crippen molar-refractivity contribution in [3.63, 3.8) is 0 Å². The molecule has 1 aromatic rings. The average Bonchev–Trinajstić information content (AvgIpc) is 2.37. The van der Waals surface area contributed by atoms with Gasteiger partial charge < -0.3 is 11.5 Å². The molecule has 0 saturated carbocycles. The summed E-state index contributed by atoms with van der Waals surface area (Å²) in [4.78, 5) is 8.58. The molecule has 1 rings (SSSR count). The zero-order valence-corrected chi connectivity index (χ0v) is 11.6. The van der Waals surface area contributed by atoms with Gasteiger partial charge in [0.2, 0.25) is 6.41 Å². The molecule has 0 aliphatic rings. The summed E-state index contributed by atoms with van der Waals surface area (Å²) in [6.45, 7) is 11.8. The standard InChI is InChI=1S/C15H19N.CH3NO/c1-5-7-12(6-2)13-8-9-15(16)14(10-13)11(3)4;2-1-3/h5-11H,1-2,16H2,3-4H3;1H,(H2,2,3)/b12-7+;. The molecule has 0 fully saturated rings. The Labute approximate surface area is 115 Å². The zero-order chi connectivity index (χ0) is 14.8. The fourth-order valence-electron chi connectivity index (χ4n) is 1.66. The van der Waals surface area contributed by atoms with E-state index in [4.69, 9.17) is 10.5 Å². The SMILES string of the molecule is C=C/C=C(\C=C)c1ccc(N)c(C(C)C)c1.NC=O. The summed E-state index contributed by atoms with van der Waals surface area (Å²) in [7, 11) is 0. The first-order valence-electron chi connectivity index (χ1n) is 6.02. The van der Waals surface area contributed by atoms with Crippen LogP contribution in [0.3, 0.4) is 0 Å². The van der Waals surface area contributed by atoms with E-state index in [-0.39, 0.29) is 6.41 Å². The highest BCUT2D eigenvalue weighted by atomic mass is 16.1. The lowest BCUT2D eigenvalue weighted by Crippen LogP contribution is -1.97. The molecule has 0 heterocycles. The molecule has 1 aromatic carbocycles. The van der Waals surface area contributed by atoms with Crippen molar-refractivity contribution in [1.29, 1.82) is 0 Å². The molecule has 3 nitrogen and oxygen atoms in total. The number of carbonyl (C=O) groups excluding carboxylic acids is 1. The molecule has 19 heavy (non-hydrogen) atoms. The number of nitrogen functional groups attached to an aromatic ring is 1. The first-order valence-corrected chi connectivity index (χ1v) is 6.02. The van der Waals surface area contributed by atoms with Crippen LogP contribution in [0.5, 0.6) is 0 Å². The van der Waals surface area contributed by atoms with Gasteiger partial charge in [-0.3, -0.25) is 4.79 Å². The Morgan fingerprint density at radius 2 is 1.89 bits per heavy atom. The molecule has 4 N–H and O–H groups in total. The van der Waals surface area contributed by atoms with Crippen LogP contribution in [0.2, 0.25) is 0 Å². The maximum atomic E-state index is 8.58. The van der Waals surface area contributed by atoms with Gasteiger partial charge in [-0.05, 0) is 34.8 Å². The number of nitrogens with two attached hydrogens (primary N) is 2. The first kappa shape index (κ1) is 16.7. The van der Waals surface area contributed by atoms with Crippen molar-refractivity contribution in [2.45, 2.75) is 19.8 Å². The summed E-state index contributed by atoms with van der Waals surface area (Å²) in [5.74, 6) is 0.426. The molecule has 0 atom stereocenters. The van der Waals surface area contributed by atoms with E-state index in [2.05, 4.69) is 38.8 Å². The molecule has 0 aliphatic heterocycles. The second-order valence-corrected chi connectivity index (χ2v) is 4.20. The largest absolute Gasteiger partial charge is 0.398 e. The number of allylic oxidation sites excluding steroid dienone is 4. The van der Waals surface area contributed by atoms with Crippen molar-refractivity contribution in [2.75, 3.05) is 5.73 Å². The van der Waals surface area contributed by atoms with Crippen molar-refractivity contribution in [1.82, 2.24) is 0 Å². The minimum absolute atomic E-state index is 0.250. The third-order valence-corrected chi connectivity index (χ3v) is 2.56. The molecule has 0 aliphatic carbocycles. The van der Waals surface area contributed by atoms with Crippen LogP contribution < -0.4 is 11.5 Å². The topological polar surface area (TPSA) is 69.1 Å². The van der Waals surface area contributed by atoms with Gasteiger partial charge >= 0.3 is 0 Å². The Kier molecular flexibility index (Phi) is 7.70. The predicted octanol–water partition coefficient (Wildman–Crippen LogP) is 3.25. The van der Waals surface area contributed by atoms with Crippen LogP contribution >= 0.6 is 0 Å². The number of benzene rings is 1. The van der Waals surface area contributed by atoms with E-state index in [0.717, 1.165) is 16.8 Å². The third kappa shape index (κ3) is 5.25. The monoisotopic (exact) mass is 258 g/mol. The predicted molar refractivity (Wildman–Crippen MR) is 83.6 cm³/mol. The highest BCUT2D eigenvalue weighted by Gasteiger charge is 2.06. The van der Waals surface area contributed by atoms with Crippen molar-refractivity contribution >= 4 is 17.7 Å². The summed E-state index contributed by atoms with van der Waals surface area (Å²) < 4.78 is 0. The lowest BCUT2D eigenvalue weighted by Gasteiger charge is -2.12. The summed E-state index contributed by atoms with van der Waals surface area (Å²) >= 11 is 0.